The summed E-state index contributed by atoms with van der Waals surface area (Å²) >= 11 is 4.02. The molecule has 16 heavy (non-hydrogen) atoms. The quantitative estimate of drug-likeness (QED) is 0.450. The molecule has 0 aromatic rings. The van der Waals surface area contributed by atoms with E-state index in [0.29, 0.717) is 0 Å². The molecule has 1 unspecified atom stereocenters. The first kappa shape index (κ1) is 14.9. The van der Waals surface area contributed by atoms with Crippen LogP contribution in [0.1, 0.15) is 40.0 Å². The van der Waals surface area contributed by atoms with Crippen LogP contribution in [0.4, 0.5) is 0 Å². The Labute approximate surface area is 110 Å². The van der Waals surface area contributed by atoms with Gasteiger partial charge in [-0.3, -0.25) is 0 Å². The van der Waals surface area contributed by atoms with Crippen LogP contribution < -0.4 is 0 Å². The van der Waals surface area contributed by atoms with Crippen molar-refractivity contribution >= 4 is 29.3 Å². The van der Waals surface area contributed by atoms with E-state index in [9.17, 15) is 0 Å². The van der Waals surface area contributed by atoms with Gasteiger partial charge in [0, 0.05) is 11.5 Å². The van der Waals surface area contributed by atoms with Crippen LogP contribution in [-0.4, -0.2) is 18.1 Å². The molecule has 0 bridgehead atoms. The summed E-state index contributed by atoms with van der Waals surface area (Å²) in [5.74, 6) is 3.36. The molecule has 0 amide bonds. The SMILES string of the molecule is CC(C)=CCCC(C)CCOP1SCCS1. The fraction of sp³-hybridized carbons (Fsp3) is 0.833. The van der Waals surface area contributed by atoms with Gasteiger partial charge < -0.3 is 4.52 Å². The first-order chi connectivity index (χ1) is 7.68. The van der Waals surface area contributed by atoms with Crippen LogP contribution in [0.25, 0.3) is 0 Å². The van der Waals surface area contributed by atoms with Crippen LogP contribution in [0.15, 0.2) is 11.6 Å². The van der Waals surface area contributed by atoms with Crippen molar-refractivity contribution in [1.82, 2.24) is 0 Å². The van der Waals surface area contributed by atoms with Gasteiger partial charge in [-0.1, -0.05) is 41.3 Å². The summed E-state index contributed by atoms with van der Waals surface area (Å²) < 4.78 is 5.88. The lowest BCUT2D eigenvalue weighted by Gasteiger charge is -2.12. The highest BCUT2D eigenvalue weighted by Crippen LogP contribution is 2.66. The molecule has 94 valence electrons. The number of rotatable bonds is 7. The van der Waals surface area contributed by atoms with Crippen molar-refractivity contribution in [3.8, 4) is 0 Å². The van der Waals surface area contributed by atoms with Crippen molar-refractivity contribution in [2.45, 2.75) is 40.0 Å². The van der Waals surface area contributed by atoms with E-state index < -0.39 is 0 Å². The Balaban J connectivity index is 1.97. The third kappa shape index (κ3) is 7.21. The van der Waals surface area contributed by atoms with Gasteiger partial charge in [0.05, 0.1) is 6.61 Å². The highest BCUT2D eigenvalue weighted by atomic mass is 33.1. The van der Waals surface area contributed by atoms with Crippen LogP contribution in [0, 0.1) is 5.92 Å². The van der Waals surface area contributed by atoms with Gasteiger partial charge in [0.1, 0.15) is 0 Å². The van der Waals surface area contributed by atoms with Crippen molar-refractivity contribution in [1.29, 1.82) is 0 Å². The maximum Gasteiger partial charge on any atom is 0.151 e. The predicted molar refractivity (Wildman–Crippen MR) is 80.2 cm³/mol. The molecule has 1 saturated heterocycles. The Hall–Kier alpha value is 0.830. The van der Waals surface area contributed by atoms with Gasteiger partial charge in [0.15, 0.2) is 6.55 Å². The van der Waals surface area contributed by atoms with Gasteiger partial charge in [-0.2, -0.15) is 0 Å². The molecule has 1 atom stereocenters. The Kier molecular flexibility index (Phi) is 8.24. The lowest BCUT2D eigenvalue weighted by molar-refractivity contribution is 0.315. The average Bonchev–Trinajstić information content (AvgIpc) is 2.70. The molecule has 1 aliphatic rings. The summed E-state index contributed by atoms with van der Waals surface area (Å²) in [5, 5.41) is 0. The lowest BCUT2D eigenvalue weighted by atomic mass is 10.0. The van der Waals surface area contributed by atoms with Gasteiger partial charge in [-0.15, -0.1) is 0 Å². The van der Waals surface area contributed by atoms with E-state index in [-0.39, 0.29) is 6.55 Å². The van der Waals surface area contributed by atoms with Crippen molar-refractivity contribution < 1.29 is 4.52 Å². The minimum absolute atomic E-state index is 0.178. The second-order valence-corrected chi connectivity index (χ2v) is 10.7. The van der Waals surface area contributed by atoms with Crippen molar-refractivity contribution in [2.24, 2.45) is 5.92 Å². The normalized spacial score (nSPS) is 18.7. The number of hydrogen-bond acceptors (Lipinski definition) is 3. The molecular weight excluding hydrogens is 255 g/mol. The molecular formula is C12H23OPS2. The summed E-state index contributed by atoms with van der Waals surface area (Å²) in [6.45, 7) is 7.46. The van der Waals surface area contributed by atoms with Crippen LogP contribution in [0.2, 0.25) is 0 Å². The summed E-state index contributed by atoms with van der Waals surface area (Å²) in [4.78, 5) is 0. The molecule has 1 fully saturated rings. The van der Waals surface area contributed by atoms with Crippen LogP contribution in [-0.2, 0) is 4.52 Å². The average molecular weight is 278 g/mol. The van der Waals surface area contributed by atoms with Gasteiger partial charge in [0.25, 0.3) is 0 Å². The first-order valence-electron chi connectivity index (χ1n) is 6.00. The van der Waals surface area contributed by atoms with E-state index in [1.807, 2.05) is 22.8 Å². The molecule has 1 nitrogen and oxygen atoms in total. The fourth-order valence-electron chi connectivity index (χ4n) is 1.46. The molecule has 0 aromatic heterocycles. The summed E-state index contributed by atoms with van der Waals surface area (Å²) in [7, 11) is 0. The molecule has 0 saturated carbocycles. The lowest BCUT2D eigenvalue weighted by Crippen LogP contribution is -1.98. The van der Waals surface area contributed by atoms with Crippen molar-refractivity contribution in [3.05, 3.63) is 11.6 Å². The van der Waals surface area contributed by atoms with Gasteiger partial charge in [-0.25, -0.2) is 0 Å². The Bertz CT molecular complexity index is 211. The number of allylic oxidation sites excluding steroid dienone is 2. The maximum atomic E-state index is 5.88. The maximum absolute atomic E-state index is 5.88. The monoisotopic (exact) mass is 278 g/mol. The molecule has 1 heterocycles. The van der Waals surface area contributed by atoms with Crippen LogP contribution in [0.3, 0.4) is 0 Å². The zero-order chi connectivity index (χ0) is 11.8. The molecule has 1 rings (SSSR count). The minimum atomic E-state index is -0.178. The molecule has 0 N–H and O–H groups in total. The topological polar surface area (TPSA) is 9.23 Å². The Morgan fingerprint density at radius 3 is 2.62 bits per heavy atom. The second kappa shape index (κ2) is 8.85. The van der Waals surface area contributed by atoms with E-state index in [1.54, 1.807) is 0 Å². The second-order valence-electron chi connectivity index (χ2n) is 4.48. The largest absolute Gasteiger partial charge is 0.339 e. The zero-order valence-corrected chi connectivity index (χ0v) is 13.1. The summed E-state index contributed by atoms with van der Waals surface area (Å²) in [5.41, 5.74) is 1.44. The van der Waals surface area contributed by atoms with Gasteiger partial charge in [-0.05, 0) is 39.0 Å². The van der Waals surface area contributed by atoms with Gasteiger partial charge >= 0.3 is 0 Å². The van der Waals surface area contributed by atoms with Crippen molar-refractivity contribution in [2.75, 3.05) is 18.1 Å². The molecule has 0 spiro atoms. The molecule has 4 heteroatoms. The number of hydrogen-bond donors (Lipinski definition) is 0. The van der Waals surface area contributed by atoms with E-state index in [1.165, 1.54) is 36.3 Å². The molecule has 0 radical (unpaired) electrons. The minimum Gasteiger partial charge on any atom is -0.339 e. The highest BCUT2D eigenvalue weighted by molar-refractivity contribution is 8.88. The highest BCUT2D eigenvalue weighted by Gasteiger charge is 2.17. The van der Waals surface area contributed by atoms with Crippen LogP contribution in [0.5, 0.6) is 0 Å². The predicted octanol–water partition coefficient (Wildman–Crippen LogP) is 5.48. The Morgan fingerprint density at radius 2 is 2.00 bits per heavy atom. The van der Waals surface area contributed by atoms with Crippen LogP contribution >= 0.6 is 29.3 Å². The smallest absolute Gasteiger partial charge is 0.151 e. The first-order valence-corrected chi connectivity index (χ1v) is 10.4. The fourth-order valence-corrected chi connectivity index (χ4v) is 8.20. The third-order valence-electron chi connectivity index (χ3n) is 2.50. The third-order valence-corrected chi connectivity index (χ3v) is 9.23. The van der Waals surface area contributed by atoms with E-state index >= 15 is 0 Å². The standard InChI is InChI=1S/C12H23OPS2/c1-11(2)5-4-6-12(3)7-8-13-14-15-9-10-16-14/h5,12H,4,6-10H2,1-3H3. The van der Waals surface area contributed by atoms with E-state index in [4.69, 9.17) is 4.52 Å². The summed E-state index contributed by atoms with van der Waals surface area (Å²) in [6.07, 6.45) is 6.08. The zero-order valence-electron chi connectivity index (χ0n) is 10.6. The van der Waals surface area contributed by atoms with Crippen molar-refractivity contribution in [3.63, 3.8) is 0 Å². The Morgan fingerprint density at radius 1 is 1.31 bits per heavy atom. The van der Waals surface area contributed by atoms with E-state index in [0.717, 1.165) is 12.5 Å². The van der Waals surface area contributed by atoms with Gasteiger partial charge in [0.2, 0.25) is 0 Å². The molecule has 0 aliphatic carbocycles. The van der Waals surface area contributed by atoms with E-state index in [2.05, 4.69) is 26.8 Å². The summed E-state index contributed by atoms with van der Waals surface area (Å²) in [6, 6.07) is 0. The molecule has 1 aliphatic heterocycles. The molecule has 0 aromatic carbocycles.